The van der Waals surface area contributed by atoms with E-state index in [1.807, 2.05) is 12.1 Å². The highest BCUT2D eigenvalue weighted by Gasteiger charge is 2.25. The molecule has 2 fully saturated rings. The maximum Gasteiger partial charge on any atom is 0.224 e. The molecule has 2 heterocycles. The number of carbonyl (C=O) groups is 1. The molecule has 2 aliphatic heterocycles. The molecular formula is C25H32FN3O2. The first kappa shape index (κ1) is 21.9. The summed E-state index contributed by atoms with van der Waals surface area (Å²) >= 11 is 0. The molecule has 0 spiro atoms. The van der Waals surface area contributed by atoms with Gasteiger partial charge >= 0.3 is 0 Å². The first-order valence-corrected chi connectivity index (χ1v) is 11.3. The second-order valence-corrected chi connectivity index (χ2v) is 8.63. The van der Waals surface area contributed by atoms with Crippen molar-refractivity contribution >= 4 is 5.91 Å². The predicted octanol–water partition coefficient (Wildman–Crippen LogP) is 3.19. The molecule has 5 nitrogen and oxygen atoms in total. The average Bonchev–Trinajstić information content (AvgIpc) is 2.80. The highest BCUT2D eigenvalue weighted by atomic mass is 19.1. The van der Waals surface area contributed by atoms with Crippen molar-refractivity contribution in [3.63, 3.8) is 0 Å². The number of piperidine rings is 1. The third kappa shape index (κ3) is 6.60. The number of benzene rings is 2. The van der Waals surface area contributed by atoms with Gasteiger partial charge in [-0.2, -0.15) is 0 Å². The molecule has 1 atom stereocenters. The van der Waals surface area contributed by atoms with Gasteiger partial charge in [0.2, 0.25) is 5.91 Å². The summed E-state index contributed by atoms with van der Waals surface area (Å²) < 4.78 is 18.5. The van der Waals surface area contributed by atoms with Crippen LogP contribution < -0.4 is 5.32 Å². The van der Waals surface area contributed by atoms with E-state index in [0.29, 0.717) is 6.54 Å². The lowest BCUT2D eigenvalue weighted by atomic mass is 9.96. The van der Waals surface area contributed by atoms with E-state index in [1.165, 1.54) is 17.7 Å². The zero-order valence-corrected chi connectivity index (χ0v) is 18.1. The number of amides is 1. The summed E-state index contributed by atoms with van der Waals surface area (Å²) in [6.07, 6.45) is 1.93. The van der Waals surface area contributed by atoms with Crippen LogP contribution in [0.15, 0.2) is 48.5 Å². The largest absolute Gasteiger partial charge is 0.379 e. The van der Waals surface area contributed by atoms with Crippen molar-refractivity contribution in [2.24, 2.45) is 5.92 Å². The van der Waals surface area contributed by atoms with Crippen molar-refractivity contribution in [3.8, 4) is 0 Å². The molecule has 166 valence electrons. The Morgan fingerprint density at radius 2 is 1.71 bits per heavy atom. The summed E-state index contributed by atoms with van der Waals surface area (Å²) in [6.45, 7) is 7.51. The van der Waals surface area contributed by atoms with E-state index in [2.05, 4.69) is 39.4 Å². The van der Waals surface area contributed by atoms with Crippen LogP contribution in [0.2, 0.25) is 0 Å². The maximum absolute atomic E-state index is 13.1. The van der Waals surface area contributed by atoms with Gasteiger partial charge in [0.05, 0.1) is 19.1 Å². The van der Waals surface area contributed by atoms with Gasteiger partial charge in [-0.25, -0.2) is 4.39 Å². The van der Waals surface area contributed by atoms with Crippen molar-refractivity contribution in [2.45, 2.75) is 32.5 Å². The van der Waals surface area contributed by atoms with Crippen LogP contribution in [0.5, 0.6) is 0 Å². The Balaban J connectivity index is 1.26. The lowest BCUT2D eigenvalue weighted by molar-refractivity contribution is -0.126. The number of nitrogens with zero attached hydrogens (tertiary/aromatic N) is 2. The third-order valence-corrected chi connectivity index (χ3v) is 6.16. The maximum atomic E-state index is 13.1. The Morgan fingerprint density at radius 1 is 0.968 bits per heavy atom. The van der Waals surface area contributed by atoms with Crippen molar-refractivity contribution in [1.29, 1.82) is 0 Å². The van der Waals surface area contributed by atoms with Crippen LogP contribution in [0.1, 0.15) is 29.5 Å². The monoisotopic (exact) mass is 425 g/mol. The second kappa shape index (κ2) is 10.8. The van der Waals surface area contributed by atoms with Crippen molar-refractivity contribution in [1.82, 2.24) is 15.1 Å². The van der Waals surface area contributed by atoms with Gasteiger partial charge < -0.3 is 10.1 Å². The highest BCUT2D eigenvalue weighted by molar-refractivity contribution is 5.79. The summed E-state index contributed by atoms with van der Waals surface area (Å²) in [4.78, 5) is 17.5. The lowest BCUT2D eigenvalue weighted by Crippen LogP contribution is -2.42. The molecule has 4 rings (SSSR count). The fourth-order valence-corrected chi connectivity index (χ4v) is 4.45. The molecule has 0 aliphatic carbocycles. The van der Waals surface area contributed by atoms with Crippen LogP contribution in [0.25, 0.3) is 0 Å². The van der Waals surface area contributed by atoms with Crippen LogP contribution in [-0.4, -0.2) is 55.1 Å². The van der Waals surface area contributed by atoms with Gasteiger partial charge in [-0.15, -0.1) is 0 Å². The van der Waals surface area contributed by atoms with E-state index in [4.69, 9.17) is 4.74 Å². The summed E-state index contributed by atoms with van der Waals surface area (Å²) in [5, 5.41) is 3.14. The minimum absolute atomic E-state index is 0.00531. The Hall–Kier alpha value is -2.28. The van der Waals surface area contributed by atoms with Crippen LogP contribution >= 0.6 is 0 Å². The number of morpholine rings is 1. The van der Waals surface area contributed by atoms with Gasteiger partial charge in [0.1, 0.15) is 5.82 Å². The SMILES string of the molecule is O=C(NCc1cccc(CN2CCOCC2)c1)C1CCCN(Cc2ccc(F)cc2)C1. The van der Waals surface area contributed by atoms with E-state index < -0.39 is 0 Å². The van der Waals surface area contributed by atoms with Gasteiger partial charge in [-0.05, 0) is 48.2 Å². The number of halogens is 1. The lowest BCUT2D eigenvalue weighted by Gasteiger charge is -2.32. The topological polar surface area (TPSA) is 44.8 Å². The predicted molar refractivity (Wildman–Crippen MR) is 119 cm³/mol. The minimum atomic E-state index is -0.214. The fraction of sp³-hybridized carbons (Fsp3) is 0.480. The quantitative estimate of drug-likeness (QED) is 0.740. The standard InChI is InChI=1S/C25H32FN3O2/c26-24-8-6-20(7-9-24)17-29-10-2-5-23(19-29)25(30)27-16-21-3-1-4-22(15-21)18-28-11-13-31-14-12-28/h1,3-4,6-9,15,23H,2,5,10-14,16-19H2,(H,27,30). The van der Waals surface area contributed by atoms with Crippen molar-refractivity contribution < 1.29 is 13.9 Å². The molecule has 0 saturated carbocycles. The number of hydrogen-bond donors (Lipinski definition) is 1. The summed E-state index contributed by atoms with van der Waals surface area (Å²) in [5.74, 6) is -0.0817. The van der Waals surface area contributed by atoms with Crippen molar-refractivity contribution in [2.75, 3.05) is 39.4 Å². The molecule has 6 heteroatoms. The van der Waals surface area contributed by atoms with E-state index >= 15 is 0 Å². The van der Waals surface area contributed by atoms with Crippen LogP contribution in [0.3, 0.4) is 0 Å². The zero-order chi connectivity index (χ0) is 21.5. The van der Waals surface area contributed by atoms with E-state index in [9.17, 15) is 9.18 Å². The van der Waals surface area contributed by atoms with Crippen LogP contribution in [0.4, 0.5) is 4.39 Å². The Labute approximate surface area is 184 Å². The first-order valence-electron chi connectivity index (χ1n) is 11.3. The van der Waals surface area contributed by atoms with Gasteiger partial charge in [0.15, 0.2) is 0 Å². The first-order chi connectivity index (χ1) is 15.2. The smallest absolute Gasteiger partial charge is 0.224 e. The van der Waals surface area contributed by atoms with E-state index in [0.717, 1.165) is 76.5 Å². The molecule has 2 saturated heterocycles. The highest BCUT2D eigenvalue weighted by Crippen LogP contribution is 2.19. The zero-order valence-electron chi connectivity index (χ0n) is 18.1. The summed E-state index contributed by atoms with van der Waals surface area (Å²) in [5.41, 5.74) is 3.49. The Kier molecular flexibility index (Phi) is 7.67. The number of ether oxygens (including phenoxy) is 1. The summed E-state index contributed by atoms with van der Waals surface area (Å²) in [7, 11) is 0. The van der Waals surface area contributed by atoms with E-state index in [-0.39, 0.29) is 17.6 Å². The number of rotatable bonds is 7. The molecule has 2 aromatic rings. The molecule has 0 radical (unpaired) electrons. The molecule has 1 N–H and O–H groups in total. The number of hydrogen-bond acceptors (Lipinski definition) is 4. The van der Waals surface area contributed by atoms with E-state index in [1.54, 1.807) is 0 Å². The number of carbonyl (C=O) groups excluding carboxylic acids is 1. The Bertz CT molecular complexity index is 852. The molecule has 2 aliphatic rings. The second-order valence-electron chi connectivity index (χ2n) is 8.63. The van der Waals surface area contributed by atoms with Gasteiger partial charge in [-0.1, -0.05) is 36.4 Å². The normalized spacial score (nSPS) is 20.5. The van der Waals surface area contributed by atoms with Crippen molar-refractivity contribution in [3.05, 3.63) is 71.0 Å². The number of likely N-dealkylation sites (tertiary alicyclic amines) is 1. The summed E-state index contributed by atoms with van der Waals surface area (Å²) in [6, 6.07) is 15.1. The van der Waals surface area contributed by atoms with Gasteiger partial charge in [0.25, 0.3) is 0 Å². The Morgan fingerprint density at radius 3 is 2.52 bits per heavy atom. The third-order valence-electron chi connectivity index (χ3n) is 6.16. The molecule has 0 bridgehead atoms. The van der Waals surface area contributed by atoms with Crippen LogP contribution in [0, 0.1) is 11.7 Å². The molecule has 2 aromatic carbocycles. The minimum Gasteiger partial charge on any atom is -0.379 e. The van der Waals surface area contributed by atoms with Crippen LogP contribution in [-0.2, 0) is 29.2 Å². The average molecular weight is 426 g/mol. The molecular weight excluding hydrogens is 393 g/mol. The molecule has 1 amide bonds. The molecule has 31 heavy (non-hydrogen) atoms. The molecule has 1 unspecified atom stereocenters. The van der Waals surface area contributed by atoms with Gasteiger partial charge in [-0.3, -0.25) is 14.6 Å². The van der Waals surface area contributed by atoms with Gasteiger partial charge in [0, 0.05) is 39.3 Å². The molecule has 0 aromatic heterocycles. The number of nitrogens with one attached hydrogen (secondary N) is 1. The fourth-order valence-electron chi connectivity index (χ4n) is 4.45.